The largest absolute Gasteiger partial charge is 0.478 e. The third-order valence-electron chi connectivity index (χ3n) is 2.59. The number of carbonyl (C=O) groups excluding carboxylic acids is 1. The van der Waals surface area contributed by atoms with Crippen molar-refractivity contribution in [3.8, 4) is 0 Å². The Kier molecular flexibility index (Phi) is 5.31. The lowest BCUT2D eigenvalue weighted by molar-refractivity contribution is -0.119. The summed E-state index contributed by atoms with van der Waals surface area (Å²) in [5.74, 6) is -0.463. The maximum Gasteiger partial charge on any atom is 0.337 e. The molecule has 0 atom stereocenters. The molecule has 0 fully saturated rings. The fraction of sp³-hybridized carbons (Fsp3) is 0.462. The van der Waals surface area contributed by atoms with Crippen molar-refractivity contribution in [2.45, 2.75) is 13.8 Å². The Morgan fingerprint density at radius 1 is 1.50 bits per heavy atom. The van der Waals surface area contributed by atoms with Crippen molar-refractivity contribution < 1.29 is 14.7 Å². The van der Waals surface area contributed by atoms with Gasteiger partial charge in [0, 0.05) is 19.8 Å². The first-order chi connectivity index (χ1) is 9.31. The molecule has 0 aliphatic heterocycles. The van der Waals surface area contributed by atoms with Crippen LogP contribution in [0.15, 0.2) is 12.3 Å². The number of rotatable bonds is 6. The molecule has 0 bridgehead atoms. The molecule has 1 rings (SSSR count). The van der Waals surface area contributed by atoms with Crippen LogP contribution in [0.1, 0.15) is 24.2 Å². The number of pyridine rings is 1. The summed E-state index contributed by atoms with van der Waals surface area (Å²) < 4.78 is 0. The Morgan fingerprint density at radius 2 is 2.15 bits per heavy atom. The minimum atomic E-state index is -1.09. The maximum atomic E-state index is 11.7. The summed E-state index contributed by atoms with van der Waals surface area (Å²) in [6.07, 6.45) is 1.22. The first-order valence-corrected chi connectivity index (χ1v) is 6.28. The Balaban J connectivity index is 2.70. The van der Waals surface area contributed by atoms with Gasteiger partial charge in [0.2, 0.25) is 5.91 Å². The van der Waals surface area contributed by atoms with E-state index in [-0.39, 0.29) is 23.7 Å². The van der Waals surface area contributed by atoms with E-state index in [0.717, 1.165) is 0 Å². The van der Waals surface area contributed by atoms with Crippen LogP contribution in [0.4, 0.5) is 11.5 Å². The first kappa shape index (κ1) is 15.7. The van der Waals surface area contributed by atoms with E-state index >= 15 is 0 Å². The van der Waals surface area contributed by atoms with E-state index in [2.05, 4.69) is 10.3 Å². The van der Waals surface area contributed by atoms with Gasteiger partial charge in [-0.25, -0.2) is 9.78 Å². The van der Waals surface area contributed by atoms with Crippen molar-refractivity contribution >= 4 is 23.4 Å². The number of aromatic nitrogens is 1. The first-order valence-electron chi connectivity index (χ1n) is 6.28. The molecule has 0 unspecified atom stereocenters. The summed E-state index contributed by atoms with van der Waals surface area (Å²) in [4.78, 5) is 28.1. The molecule has 1 aromatic rings. The zero-order chi connectivity index (χ0) is 15.3. The van der Waals surface area contributed by atoms with Gasteiger partial charge in [-0.2, -0.15) is 0 Å². The van der Waals surface area contributed by atoms with Crippen molar-refractivity contribution in [2.75, 3.05) is 30.8 Å². The van der Waals surface area contributed by atoms with E-state index in [1.165, 1.54) is 12.3 Å². The molecule has 1 amide bonds. The number of nitrogens with one attached hydrogen (secondary N) is 1. The molecule has 7 heteroatoms. The average molecular weight is 280 g/mol. The molecule has 0 radical (unpaired) electrons. The number of anilines is 2. The number of nitrogens with two attached hydrogens (primary N) is 1. The van der Waals surface area contributed by atoms with Gasteiger partial charge in [0.25, 0.3) is 0 Å². The van der Waals surface area contributed by atoms with Gasteiger partial charge in [-0.15, -0.1) is 0 Å². The molecule has 0 saturated carbocycles. The minimum absolute atomic E-state index is 0.0175. The number of hydrogen-bond donors (Lipinski definition) is 3. The van der Waals surface area contributed by atoms with E-state index in [0.29, 0.717) is 18.3 Å². The summed E-state index contributed by atoms with van der Waals surface area (Å²) >= 11 is 0. The third kappa shape index (κ3) is 4.42. The lowest BCUT2D eigenvalue weighted by Crippen LogP contribution is -2.37. The average Bonchev–Trinajstić information content (AvgIpc) is 2.35. The summed E-state index contributed by atoms with van der Waals surface area (Å²) in [5, 5.41) is 11.6. The van der Waals surface area contributed by atoms with Crippen molar-refractivity contribution in [3.63, 3.8) is 0 Å². The Hall–Kier alpha value is -2.31. The van der Waals surface area contributed by atoms with Gasteiger partial charge >= 0.3 is 5.97 Å². The van der Waals surface area contributed by atoms with Crippen molar-refractivity contribution in [1.29, 1.82) is 0 Å². The Morgan fingerprint density at radius 3 is 2.65 bits per heavy atom. The molecular weight excluding hydrogens is 260 g/mol. The van der Waals surface area contributed by atoms with E-state index in [9.17, 15) is 9.59 Å². The van der Waals surface area contributed by atoms with E-state index in [1.54, 1.807) is 11.9 Å². The van der Waals surface area contributed by atoms with Crippen molar-refractivity contribution in [1.82, 2.24) is 10.3 Å². The quantitative estimate of drug-likeness (QED) is 0.703. The second kappa shape index (κ2) is 6.74. The summed E-state index contributed by atoms with van der Waals surface area (Å²) in [6.45, 7) is 4.73. The second-order valence-corrected chi connectivity index (χ2v) is 5.00. The number of nitrogen functional groups attached to an aromatic ring is 1. The molecule has 4 N–H and O–H groups in total. The number of amides is 1. The molecule has 0 aliphatic carbocycles. The van der Waals surface area contributed by atoms with Crippen LogP contribution in [0.3, 0.4) is 0 Å². The molecule has 0 spiro atoms. The van der Waals surface area contributed by atoms with Gasteiger partial charge in [0.1, 0.15) is 0 Å². The fourth-order valence-corrected chi connectivity index (χ4v) is 1.57. The van der Waals surface area contributed by atoms with Crippen molar-refractivity contribution in [2.24, 2.45) is 5.92 Å². The molecule has 20 heavy (non-hydrogen) atoms. The zero-order valence-corrected chi connectivity index (χ0v) is 11.9. The standard InChI is InChI=1S/C13H20N4O3/c1-8(2)5-15-11(18)7-17(3)12-10(14)4-9(6-16-12)13(19)20/h4,6,8H,5,7,14H2,1-3H3,(H,15,18)(H,19,20). The number of hydrogen-bond acceptors (Lipinski definition) is 5. The monoisotopic (exact) mass is 280 g/mol. The van der Waals surface area contributed by atoms with Crippen LogP contribution < -0.4 is 16.0 Å². The lowest BCUT2D eigenvalue weighted by Gasteiger charge is -2.19. The van der Waals surface area contributed by atoms with Crippen LogP contribution in [0, 0.1) is 5.92 Å². The highest BCUT2D eigenvalue weighted by Gasteiger charge is 2.13. The number of carboxylic acids is 1. The van der Waals surface area contributed by atoms with E-state index < -0.39 is 5.97 Å². The molecule has 0 saturated heterocycles. The summed E-state index contributed by atoms with van der Waals surface area (Å²) in [7, 11) is 1.67. The van der Waals surface area contributed by atoms with Crippen molar-refractivity contribution in [3.05, 3.63) is 17.8 Å². The molecule has 1 heterocycles. The maximum absolute atomic E-state index is 11.7. The molecule has 110 valence electrons. The number of aromatic carboxylic acids is 1. The van der Waals surface area contributed by atoms with Gasteiger partial charge < -0.3 is 21.1 Å². The van der Waals surface area contributed by atoms with Gasteiger partial charge in [0.05, 0.1) is 17.8 Å². The molecule has 1 aromatic heterocycles. The predicted octanol–water partition coefficient (Wildman–Crippen LogP) is 0.570. The van der Waals surface area contributed by atoms with E-state index in [4.69, 9.17) is 10.8 Å². The lowest BCUT2D eigenvalue weighted by atomic mass is 10.2. The highest BCUT2D eigenvalue weighted by molar-refractivity contribution is 5.89. The number of likely N-dealkylation sites (N-methyl/N-ethyl adjacent to an activating group) is 1. The molecule has 0 aliphatic rings. The van der Waals surface area contributed by atoms with Crippen LogP contribution in [-0.2, 0) is 4.79 Å². The number of carbonyl (C=O) groups is 2. The van der Waals surface area contributed by atoms with Crippen LogP contribution >= 0.6 is 0 Å². The topological polar surface area (TPSA) is 109 Å². The Labute approximate surface area is 117 Å². The Bertz CT molecular complexity index is 502. The molecule has 7 nitrogen and oxygen atoms in total. The third-order valence-corrected chi connectivity index (χ3v) is 2.59. The van der Waals surface area contributed by atoms with Crippen LogP contribution in [0.25, 0.3) is 0 Å². The fourth-order valence-electron chi connectivity index (χ4n) is 1.57. The second-order valence-electron chi connectivity index (χ2n) is 5.00. The number of carboxylic acid groups (broad SMARTS) is 1. The summed E-state index contributed by atoms with van der Waals surface area (Å²) in [6, 6.07) is 1.33. The highest BCUT2D eigenvalue weighted by atomic mass is 16.4. The van der Waals surface area contributed by atoms with Crippen LogP contribution in [0.2, 0.25) is 0 Å². The van der Waals surface area contributed by atoms with Gasteiger partial charge in [-0.3, -0.25) is 4.79 Å². The summed E-state index contributed by atoms with van der Waals surface area (Å²) in [5.41, 5.74) is 6.00. The van der Waals surface area contributed by atoms with Gasteiger partial charge in [-0.05, 0) is 12.0 Å². The predicted molar refractivity (Wildman–Crippen MR) is 76.7 cm³/mol. The minimum Gasteiger partial charge on any atom is -0.478 e. The number of nitrogens with zero attached hydrogens (tertiary/aromatic N) is 2. The molecule has 0 aromatic carbocycles. The molecular formula is C13H20N4O3. The van der Waals surface area contributed by atoms with Gasteiger partial charge in [-0.1, -0.05) is 13.8 Å². The highest BCUT2D eigenvalue weighted by Crippen LogP contribution is 2.19. The van der Waals surface area contributed by atoms with Crippen LogP contribution in [-0.4, -0.2) is 42.1 Å². The smallest absolute Gasteiger partial charge is 0.337 e. The van der Waals surface area contributed by atoms with Gasteiger partial charge in [0.15, 0.2) is 5.82 Å². The SMILES string of the molecule is CC(C)CNC(=O)CN(C)c1ncc(C(=O)O)cc1N. The van der Waals surface area contributed by atoms with Crippen LogP contribution in [0.5, 0.6) is 0 Å². The van der Waals surface area contributed by atoms with E-state index in [1.807, 2.05) is 13.8 Å². The normalized spacial score (nSPS) is 10.4. The zero-order valence-electron chi connectivity index (χ0n) is 11.9.